The summed E-state index contributed by atoms with van der Waals surface area (Å²) in [5.41, 5.74) is 2.16. The van der Waals surface area contributed by atoms with Gasteiger partial charge in [0.05, 0.1) is 13.2 Å². The van der Waals surface area contributed by atoms with Crippen molar-refractivity contribution in [2.24, 2.45) is 0 Å². The molecule has 0 radical (unpaired) electrons. The zero-order chi connectivity index (χ0) is 14.4. The monoisotopic (exact) mass is 338 g/mol. The predicted molar refractivity (Wildman–Crippen MR) is 82.5 cm³/mol. The quantitative estimate of drug-likeness (QED) is 0.842. The first-order chi connectivity index (χ1) is 9.76. The minimum Gasteiger partial charge on any atom is -0.380 e. The van der Waals surface area contributed by atoms with E-state index >= 15 is 0 Å². The van der Waals surface area contributed by atoms with Gasteiger partial charge in [0.2, 0.25) is 0 Å². The smallest absolute Gasteiger partial charge is 0.146 e. The predicted octanol–water partition coefficient (Wildman–Crippen LogP) is 3.21. The molecule has 0 amide bonds. The Morgan fingerprint density at radius 2 is 2.25 bits per heavy atom. The second kappa shape index (κ2) is 7.40. The van der Waals surface area contributed by atoms with Crippen LogP contribution in [0.5, 0.6) is 0 Å². The lowest BCUT2D eigenvalue weighted by molar-refractivity contribution is 0.185. The molecule has 2 rings (SSSR count). The van der Waals surface area contributed by atoms with Crippen molar-refractivity contribution in [3.05, 3.63) is 40.4 Å². The second-order valence-corrected chi connectivity index (χ2v) is 5.31. The highest BCUT2D eigenvalue weighted by molar-refractivity contribution is 9.10. The second-order valence-electron chi connectivity index (χ2n) is 4.45. The molecule has 5 nitrogen and oxygen atoms in total. The summed E-state index contributed by atoms with van der Waals surface area (Å²) in [6.45, 7) is 4.23. The van der Waals surface area contributed by atoms with E-state index < -0.39 is 0 Å². The fraction of sp³-hybridized carbons (Fsp3) is 0.429. The third-order valence-corrected chi connectivity index (χ3v) is 3.72. The van der Waals surface area contributed by atoms with E-state index in [2.05, 4.69) is 38.3 Å². The van der Waals surface area contributed by atoms with Gasteiger partial charge in [-0.15, -0.1) is 0 Å². The average molecular weight is 339 g/mol. The van der Waals surface area contributed by atoms with Crippen molar-refractivity contribution in [1.29, 1.82) is 0 Å². The Hall–Kier alpha value is -1.40. The van der Waals surface area contributed by atoms with E-state index in [4.69, 9.17) is 4.74 Å². The highest BCUT2D eigenvalue weighted by Gasteiger charge is 2.08. The van der Waals surface area contributed by atoms with Gasteiger partial charge in [-0.1, -0.05) is 28.9 Å². The number of hydrogen-bond acceptors (Lipinski definition) is 4. The van der Waals surface area contributed by atoms with Crippen molar-refractivity contribution >= 4 is 21.6 Å². The maximum absolute atomic E-state index is 5.25. The molecule has 0 fully saturated rings. The van der Waals surface area contributed by atoms with Gasteiger partial charge < -0.3 is 10.1 Å². The number of halogens is 1. The molecule has 1 heterocycles. The molecule has 0 saturated carbocycles. The van der Waals surface area contributed by atoms with Crippen LogP contribution in [0.4, 0.5) is 5.69 Å². The number of nitrogens with zero attached hydrogens (tertiary/aromatic N) is 3. The number of ether oxygens (including phenoxy) is 1. The van der Waals surface area contributed by atoms with Crippen molar-refractivity contribution in [2.45, 2.75) is 33.0 Å². The molecule has 1 N–H and O–H groups in total. The van der Waals surface area contributed by atoms with Crippen molar-refractivity contribution in [3.8, 4) is 0 Å². The van der Waals surface area contributed by atoms with E-state index in [0.29, 0.717) is 13.2 Å². The van der Waals surface area contributed by atoms with Crippen LogP contribution in [0.15, 0.2) is 29.0 Å². The van der Waals surface area contributed by atoms with Gasteiger partial charge in [0.25, 0.3) is 0 Å². The van der Waals surface area contributed by atoms with E-state index in [1.165, 1.54) is 0 Å². The first-order valence-electron chi connectivity index (χ1n) is 6.63. The maximum Gasteiger partial charge on any atom is 0.146 e. The lowest BCUT2D eigenvalue weighted by Gasteiger charge is -2.13. The Kier molecular flexibility index (Phi) is 5.55. The molecule has 0 aliphatic rings. The number of methoxy groups -OCH3 is 1. The molecular formula is C14H19BrN4O. The van der Waals surface area contributed by atoms with Gasteiger partial charge in [0, 0.05) is 29.4 Å². The van der Waals surface area contributed by atoms with Crippen LogP contribution < -0.4 is 5.32 Å². The van der Waals surface area contributed by atoms with E-state index in [1.54, 1.807) is 13.4 Å². The minimum absolute atomic E-state index is 0.561. The van der Waals surface area contributed by atoms with Crippen molar-refractivity contribution in [3.63, 3.8) is 0 Å². The Labute approximate surface area is 127 Å². The molecular weight excluding hydrogens is 320 g/mol. The van der Waals surface area contributed by atoms with Crippen LogP contribution in [0.2, 0.25) is 0 Å². The molecule has 2 aromatic rings. The zero-order valence-corrected chi connectivity index (χ0v) is 13.4. The number of aromatic nitrogens is 3. The lowest BCUT2D eigenvalue weighted by Crippen LogP contribution is -2.11. The average Bonchev–Trinajstić information content (AvgIpc) is 2.87. The van der Waals surface area contributed by atoms with Crippen LogP contribution in [0.1, 0.15) is 24.7 Å². The van der Waals surface area contributed by atoms with E-state index in [9.17, 15) is 0 Å². The van der Waals surface area contributed by atoms with Crippen molar-refractivity contribution < 1.29 is 4.74 Å². The normalized spacial score (nSPS) is 10.8. The molecule has 0 saturated heterocycles. The molecule has 108 valence electrons. The SMILES string of the molecule is CCCn1ncnc1CNc1cccc(Br)c1COC. The fourth-order valence-electron chi connectivity index (χ4n) is 2.01. The summed E-state index contributed by atoms with van der Waals surface area (Å²) in [6.07, 6.45) is 2.64. The van der Waals surface area contributed by atoms with Gasteiger partial charge >= 0.3 is 0 Å². The summed E-state index contributed by atoms with van der Waals surface area (Å²) in [6, 6.07) is 6.06. The van der Waals surface area contributed by atoms with E-state index in [1.807, 2.05) is 22.9 Å². The fourth-order valence-corrected chi connectivity index (χ4v) is 2.49. The standard InChI is InChI=1S/C14H19BrN4O/c1-3-7-19-14(17-10-18-19)8-16-13-6-4-5-12(15)11(13)9-20-2/h4-6,10,16H,3,7-9H2,1-2H3. The van der Waals surface area contributed by atoms with Gasteiger partial charge in [-0.25, -0.2) is 9.67 Å². The number of rotatable bonds is 7. The summed E-state index contributed by atoms with van der Waals surface area (Å²) >= 11 is 3.55. The third-order valence-electron chi connectivity index (χ3n) is 2.98. The first kappa shape index (κ1) is 15.0. The van der Waals surface area contributed by atoms with Crippen LogP contribution in [0.3, 0.4) is 0 Å². The molecule has 20 heavy (non-hydrogen) atoms. The topological polar surface area (TPSA) is 52.0 Å². The van der Waals surface area contributed by atoms with Crippen molar-refractivity contribution in [2.75, 3.05) is 12.4 Å². The number of benzene rings is 1. The Morgan fingerprint density at radius 3 is 3.00 bits per heavy atom. The highest BCUT2D eigenvalue weighted by atomic mass is 79.9. The summed E-state index contributed by atoms with van der Waals surface area (Å²) in [4.78, 5) is 4.29. The van der Waals surface area contributed by atoms with Crippen molar-refractivity contribution in [1.82, 2.24) is 14.8 Å². The maximum atomic E-state index is 5.25. The Morgan fingerprint density at radius 1 is 1.40 bits per heavy atom. The Bertz CT molecular complexity index is 556. The number of hydrogen-bond donors (Lipinski definition) is 1. The highest BCUT2D eigenvalue weighted by Crippen LogP contribution is 2.25. The molecule has 0 bridgehead atoms. The van der Waals surface area contributed by atoms with E-state index in [-0.39, 0.29) is 0 Å². The first-order valence-corrected chi connectivity index (χ1v) is 7.42. The van der Waals surface area contributed by atoms with Gasteiger partial charge in [-0.2, -0.15) is 5.10 Å². The lowest BCUT2D eigenvalue weighted by atomic mass is 10.2. The van der Waals surface area contributed by atoms with Crippen LogP contribution in [0, 0.1) is 0 Å². The Balaban J connectivity index is 2.10. The van der Waals surface area contributed by atoms with Crippen LogP contribution in [-0.4, -0.2) is 21.9 Å². The van der Waals surface area contributed by atoms with Gasteiger partial charge in [0.1, 0.15) is 12.2 Å². The number of nitrogens with one attached hydrogen (secondary N) is 1. The summed E-state index contributed by atoms with van der Waals surface area (Å²) in [7, 11) is 1.70. The molecule has 6 heteroatoms. The molecule has 0 aliphatic heterocycles. The third kappa shape index (κ3) is 3.58. The summed E-state index contributed by atoms with van der Waals surface area (Å²) in [5, 5.41) is 7.63. The van der Waals surface area contributed by atoms with Crippen LogP contribution in [-0.2, 0) is 24.4 Å². The van der Waals surface area contributed by atoms with Crippen LogP contribution in [0.25, 0.3) is 0 Å². The van der Waals surface area contributed by atoms with E-state index in [0.717, 1.165) is 34.5 Å². The minimum atomic E-state index is 0.561. The van der Waals surface area contributed by atoms with Gasteiger partial charge in [-0.05, 0) is 18.6 Å². The molecule has 1 aromatic heterocycles. The van der Waals surface area contributed by atoms with Gasteiger partial charge in [-0.3, -0.25) is 0 Å². The summed E-state index contributed by atoms with van der Waals surface area (Å²) in [5.74, 6) is 0.940. The molecule has 1 aromatic carbocycles. The number of anilines is 1. The molecule has 0 spiro atoms. The summed E-state index contributed by atoms with van der Waals surface area (Å²) < 4.78 is 8.22. The zero-order valence-electron chi connectivity index (χ0n) is 11.8. The largest absolute Gasteiger partial charge is 0.380 e. The van der Waals surface area contributed by atoms with Crippen LogP contribution >= 0.6 is 15.9 Å². The molecule has 0 unspecified atom stereocenters. The number of aryl methyl sites for hydroxylation is 1. The van der Waals surface area contributed by atoms with Gasteiger partial charge in [0.15, 0.2) is 0 Å². The molecule has 0 atom stereocenters. The molecule has 0 aliphatic carbocycles.